The average Bonchev–Trinajstić information content (AvgIpc) is 2.81. The van der Waals surface area contributed by atoms with E-state index in [-0.39, 0.29) is 11.3 Å². The fourth-order valence-electron chi connectivity index (χ4n) is 2.51. The molecule has 0 atom stereocenters. The summed E-state index contributed by atoms with van der Waals surface area (Å²) in [6.07, 6.45) is 1.89. The topological polar surface area (TPSA) is 46.9 Å². The number of imidazole rings is 1. The van der Waals surface area contributed by atoms with Crippen molar-refractivity contribution in [3.8, 4) is 0 Å². The van der Waals surface area contributed by atoms with Gasteiger partial charge >= 0.3 is 0 Å². The Labute approximate surface area is 139 Å². The van der Waals surface area contributed by atoms with Gasteiger partial charge in [0, 0.05) is 24.9 Å². The monoisotopic (exact) mass is 315 g/mol. The van der Waals surface area contributed by atoms with Gasteiger partial charge in [0.05, 0.1) is 11.0 Å². The maximum absolute atomic E-state index is 12.0. The smallest absolute Gasteiger partial charge is 0.225 e. The van der Waals surface area contributed by atoms with Crippen LogP contribution in [0.1, 0.15) is 46.9 Å². The van der Waals surface area contributed by atoms with E-state index in [1.54, 1.807) is 0 Å². The number of aromatic nitrogens is 2. The number of aryl methyl sites for hydroxylation is 1. The molecule has 1 N–H and O–H groups in total. The molecule has 0 bridgehead atoms. The zero-order chi connectivity index (χ0) is 17.0. The number of nitrogens with zero attached hydrogens (tertiary/aromatic N) is 2. The number of benzene rings is 1. The number of amides is 1. The number of hydrogen-bond donors (Lipinski definition) is 1. The number of nitrogens with one attached hydrogen (secondary N) is 1. The highest BCUT2D eigenvalue weighted by molar-refractivity contribution is 5.81. The van der Waals surface area contributed by atoms with Crippen molar-refractivity contribution in [3.05, 3.63) is 30.1 Å². The molecular weight excluding hydrogens is 286 g/mol. The van der Waals surface area contributed by atoms with Gasteiger partial charge in [-0.05, 0) is 24.5 Å². The molecule has 1 amide bonds. The third kappa shape index (κ3) is 4.57. The molecule has 4 heteroatoms. The molecule has 0 saturated heterocycles. The Morgan fingerprint density at radius 2 is 1.96 bits per heavy atom. The van der Waals surface area contributed by atoms with Gasteiger partial charge in [-0.2, -0.15) is 0 Å². The van der Waals surface area contributed by atoms with Crippen molar-refractivity contribution in [1.29, 1.82) is 0 Å². The van der Waals surface area contributed by atoms with Crippen LogP contribution in [0.2, 0.25) is 0 Å². The summed E-state index contributed by atoms with van der Waals surface area (Å²) in [6.45, 7) is 11.9. The number of carbonyl (C=O) groups excluding carboxylic acids is 1. The van der Waals surface area contributed by atoms with Crippen LogP contribution in [0, 0.1) is 11.3 Å². The van der Waals surface area contributed by atoms with Gasteiger partial charge in [-0.15, -0.1) is 0 Å². The molecule has 0 aliphatic heterocycles. The summed E-state index contributed by atoms with van der Waals surface area (Å²) >= 11 is 0. The van der Waals surface area contributed by atoms with Gasteiger partial charge in [0.2, 0.25) is 5.91 Å². The van der Waals surface area contributed by atoms with Crippen LogP contribution in [-0.4, -0.2) is 22.0 Å². The molecule has 23 heavy (non-hydrogen) atoms. The maximum Gasteiger partial charge on any atom is 0.225 e. The van der Waals surface area contributed by atoms with Crippen molar-refractivity contribution in [2.75, 3.05) is 6.54 Å². The highest BCUT2D eigenvalue weighted by Crippen LogP contribution is 2.18. The van der Waals surface area contributed by atoms with Crippen molar-refractivity contribution < 1.29 is 4.79 Å². The predicted octanol–water partition coefficient (Wildman–Crippen LogP) is 3.79. The number of carbonyl (C=O) groups is 1. The highest BCUT2D eigenvalue weighted by atomic mass is 16.2. The summed E-state index contributed by atoms with van der Waals surface area (Å²) in [7, 11) is 0. The SMILES string of the molecule is CC(C)CCn1c(CCNC(=O)C(C)(C)C)nc2ccccc21. The summed E-state index contributed by atoms with van der Waals surface area (Å²) in [4.78, 5) is 16.7. The van der Waals surface area contributed by atoms with Crippen LogP contribution in [0.5, 0.6) is 0 Å². The lowest BCUT2D eigenvalue weighted by Gasteiger charge is -2.17. The van der Waals surface area contributed by atoms with Crippen LogP contribution in [-0.2, 0) is 17.8 Å². The van der Waals surface area contributed by atoms with E-state index in [9.17, 15) is 4.79 Å². The first-order valence-electron chi connectivity index (χ1n) is 8.51. The second-order valence-electron chi connectivity index (χ2n) is 7.61. The largest absolute Gasteiger partial charge is 0.355 e. The quantitative estimate of drug-likeness (QED) is 0.881. The van der Waals surface area contributed by atoms with E-state index in [0.29, 0.717) is 12.5 Å². The molecule has 2 rings (SSSR count). The summed E-state index contributed by atoms with van der Waals surface area (Å²) in [5, 5.41) is 3.02. The Morgan fingerprint density at radius 3 is 2.61 bits per heavy atom. The molecule has 1 aromatic heterocycles. The first kappa shape index (κ1) is 17.5. The van der Waals surface area contributed by atoms with Crippen LogP contribution >= 0.6 is 0 Å². The molecule has 4 nitrogen and oxygen atoms in total. The molecule has 0 unspecified atom stereocenters. The minimum Gasteiger partial charge on any atom is -0.355 e. The van der Waals surface area contributed by atoms with Crippen molar-refractivity contribution in [3.63, 3.8) is 0 Å². The van der Waals surface area contributed by atoms with Crippen LogP contribution < -0.4 is 5.32 Å². The molecule has 1 aromatic carbocycles. The van der Waals surface area contributed by atoms with E-state index in [1.165, 1.54) is 5.52 Å². The van der Waals surface area contributed by atoms with Gasteiger partial charge in [-0.1, -0.05) is 46.8 Å². The number of fused-ring (bicyclic) bond motifs is 1. The molecule has 126 valence electrons. The molecule has 0 radical (unpaired) electrons. The third-order valence-electron chi connectivity index (χ3n) is 3.98. The number of hydrogen-bond acceptors (Lipinski definition) is 2. The van der Waals surface area contributed by atoms with E-state index >= 15 is 0 Å². The normalized spacial score (nSPS) is 12.1. The van der Waals surface area contributed by atoms with Crippen molar-refractivity contribution in [2.45, 2.75) is 54.0 Å². The lowest BCUT2D eigenvalue weighted by molar-refractivity contribution is -0.128. The molecular formula is C19H29N3O. The minimum atomic E-state index is -0.349. The molecule has 2 aromatic rings. The summed E-state index contributed by atoms with van der Waals surface area (Å²) in [5.74, 6) is 1.80. The zero-order valence-corrected chi connectivity index (χ0v) is 15.0. The van der Waals surface area contributed by atoms with Crippen LogP contribution in [0.25, 0.3) is 11.0 Å². The van der Waals surface area contributed by atoms with Crippen LogP contribution in [0.3, 0.4) is 0 Å². The van der Waals surface area contributed by atoms with Gasteiger partial charge in [0.15, 0.2) is 0 Å². The summed E-state index contributed by atoms with van der Waals surface area (Å²) < 4.78 is 2.30. The third-order valence-corrected chi connectivity index (χ3v) is 3.98. The van der Waals surface area contributed by atoms with Crippen LogP contribution in [0.4, 0.5) is 0 Å². The van der Waals surface area contributed by atoms with E-state index in [1.807, 2.05) is 26.8 Å². The standard InChI is InChI=1S/C19H29N3O/c1-14(2)11-13-22-16-9-7-6-8-15(16)21-17(22)10-12-20-18(23)19(3,4)5/h6-9,14H,10-13H2,1-5H3,(H,20,23). The van der Waals surface area contributed by atoms with Gasteiger partial charge < -0.3 is 9.88 Å². The molecule has 0 saturated carbocycles. The molecule has 0 aliphatic carbocycles. The second kappa shape index (κ2) is 7.16. The Hall–Kier alpha value is -1.84. The van der Waals surface area contributed by atoms with E-state index in [4.69, 9.17) is 4.98 Å². The molecule has 0 fully saturated rings. The van der Waals surface area contributed by atoms with Crippen molar-refractivity contribution in [1.82, 2.24) is 14.9 Å². The summed E-state index contributed by atoms with van der Waals surface area (Å²) in [6, 6.07) is 8.26. The number of para-hydroxylation sites is 2. The van der Waals surface area contributed by atoms with Gasteiger partial charge in [0.25, 0.3) is 0 Å². The Bertz CT molecular complexity index is 665. The van der Waals surface area contributed by atoms with Crippen molar-refractivity contribution >= 4 is 16.9 Å². The molecule has 1 heterocycles. The fourth-order valence-corrected chi connectivity index (χ4v) is 2.51. The van der Waals surface area contributed by atoms with E-state index in [0.717, 1.165) is 30.7 Å². The first-order chi connectivity index (χ1) is 10.8. The zero-order valence-electron chi connectivity index (χ0n) is 15.0. The maximum atomic E-state index is 12.0. The average molecular weight is 315 g/mol. The van der Waals surface area contributed by atoms with Crippen LogP contribution in [0.15, 0.2) is 24.3 Å². The molecule has 0 aliphatic rings. The lowest BCUT2D eigenvalue weighted by atomic mass is 9.96. The second-order valence-corrected chi connectivity index (χ2v) is 7.61. The molecule has 0 spiro atoms. The number of rotatable bonds is 6. The fraction of sp³-hybridized carbons (Fsp3) is 0.579. The van der Waals surface area contributed by atoms with E-state index in [2.05, 4.69) is 41.9 Å². The van der Waals surface area contributed by atoms with E-state index < -0.39 is 0 Å². The van der Waals surface area contributed by atoms with Crippen molar-refractivity contribution in [2.24, 2.45) is 11.3 Å². The van der Waals surface area contributed by atoms with Gasteiger partial charge in [0.1, 0.15) is 5.82 Å². The van der Waals surface area contributed by atoms with Gasteiger partial charge in [-0.25, -0.2) is 4.98 Å². The van der Waals surface area contributed by atoms with Gasteiger partial charge in [-0.3, -0.25) is 4.79 Å². The Balaban J connectivity index is 2.12. The first-order valence-corrected chi connectivity index (χ1v) is 8.51. The minimum absolute atomic E-state index is 0.0855. The lowest BCUT2D eigenvalue weighted by Crippen LogP contribution is -2.36. The predicted molar refractivity (Wildman–Crippen MR) is 95.4 cm³/mol. The Kier molecular flexibility index (Phi) is 5.45. The summed E-state index contributed by atoms with van der Waals surface area (Å²) in [5.41, 5.74) is 1.87. The Morgan fingerprint density at radius 1 is 1.26 bits per heavy atom. The highest BCUT2D eigenvalue weighted by Gasteiger charge is 2.20.